The van der Waals surface area contributed by atoms with Crippen LogP contribution in [0.1, 0.15) is 32.8 Å². The van der Waals surface area contributed by atoms with Gasteiger partial charge in [0.05, 0.1) is 6.61 Å². The maximum absolute atomic E-state index is 11.4. The van der Waals surface area contributed by atoms with Gasteiger partial charge in [0.25, 0.3) is 0 Å². The van der Waals surface area contributed by atoms with Crippen molar-refractivity contribution in [2.24, 2.45) is 0 Å². The summed E-state index contributed by atoms with van der Waals surface area (Å²) in [4.78, 5) is 11.4. The largest absolute Gasteiger partial charge is 0.494 e. The molecule has 0 atom stereocenters. The first-order chi connectivity index (χ1) is 8.61. The Balaban J connectivity index is 2.37. The molecule has 2 N–H and O–H groups in total. The highest BCUT2D eigenvalue weighted by Crippen LogP contribution is 2.12. The predicted octanol–water partition coefficient (Wildman–Crippen LogP) is 2.68. The van der Waals surface area contributed by atoms with Crippen molar-refractivity contribution in [3.63, 3.8) is 0 Å². The van der Waals surface area contributed by atoms with Gasteiger partial charge >= 0.3 is 6.03 Å². The first kappa shape index (κ1) is 14.4. The molecule has 18 heavy (non-hydrogen) atoms. The third-order valence-electron chi connectivity index (χ3n) is 2.27. The van der Waals surface area contributed by atoms with Crippen LogP contribution in [-0.2, 0) is 6.54 Å². The molecule has 0 aromatic heterocycles. The normalized spacial score (nSPS) is 10.2. The van der Waals surface area contributed by atoms with E-state index in [4.69, 9.17) is 4.74 Å². The highest BCUT2D eigenvalue weighted by Gasteiger charge is 2.02. The van der Waals surface area contributed by atoms with E-state index in [-0.39, 0.29) is 12.1 Å². The van der Waals surface area contributed by atoms with Crippen molar-refractivity contribution in [2.45, 2.75) is 39.8 Å². The minimum absolute atomic E-state index is 0.142. The second kappa shape index (κ2) is 7.58. The molecule has 0 aliphatic carbocycles. The molecule has 0 spiro atoms. The van der Waals surface area contributed by atoms with E-state index in [0.717, 1.165) is 24.3 Å². The molecule has 0 fully saturated rings. The summed E-state index contributed by atoms with van der Waals surface area (Å²) in [6.45, 7) is 7.19. The molecule has 4 heteroatoms. The molecule has 2 amide bonds. The first-order valence-corrected chi connectivity index (χ1v) is 6.38. The Hall–Kier alpha value is -1.71. The van der Waals surface area contributed by atoms with Crippen LogP contribution in [0, 0.1) is 0 Å². The standard InChI is InChI=1S/C14H22N2O2/c1-4-9-18-13-7-5-12(6-8-13)10-15-14(17)16-11(2)3/h5-8,11H,4,9-10H2,1-3H3,(H2,15,16,17). The number of benzene rings is 1. The summed E-state index contributed by atoms with van der Waals surface area (Å²) in [5.41, 5.74) is 1.05. The SMILES string of the molecule is CCCOc1ccc(CNC(=O)NC(C)C)cc1. The van der Waals surface area contributed by atoms with Crippen LogP contribution in [0.3, 0.4) is 0 Å². The van der Waals surface area contributed by atoms with E-state index < -0.39 is 0 Å². The molecule has 0 aliphatic rings. The van der Waals surface area contributed by atoms with Gasteiger partial charge in [-0.3, -0.25) is 0 Å². The van der Waals surface area contributed by atoms with E-state index in [1.807, 2.05) is 38.1 Å². The molecule has 1 aromatic carbocycles. The molecule has 100 valence electrons. The van der Waals surface area contributed by atoms with Crippen molar-refractivity contribution < 1.29 is 9.53 Å². The number of rotatable bonds is 6. The Morgan fingerprint density at radius 2 is 1.94 bits per heavy atom. The molecule has 4 nitrogen and oxygen atoms in total. The highest BCUT2D eigenvalue weighted by atomic mass is 16.5. The van der Waals surface area contributed by atoms with Crippen LogP contribution in [-0.4, -0.2) is 18.7 Å². The van der Waals surface area contributed by atoms with Gasteiger partial charge < -0.3 is 15.4 Å². The van der Waals surface area contributed by atoms with Gasteiger partial charge in [0, 0.05) is 12.6 Å². The number of hydrogen-bond acceptors (Lipinski definition) is 2. The zero-order valence-electron chi connectivity index (χ0n) is 11.3. The van der Waals surface area contributed by atoms with E-state index >= 15 is 0 Å². The molecular weight excluding hydrogens is 228 g/mol. The summed E-state index contributed by atoms with van der Waals surface area (Å²) in [5, 5.41) is 5.58. The number of ether oxygens (including phenoxy) is 1. The Bertz CT molecular complexity index is 361. The van der Waals surface area contributed by atoms with Crippen LogP contribution < -0.4 is 15.4 Å². The van der Waals surface area contributed by atoms with Crippen LogP contribution in [0.5, 0.6) is 5.75 Å². The summed E-state index contributed by atoms with van der Waals surface area (Å²) in [7, 11) is 0. The number of amides is 2. The predicted molar refractivity (Wildman–Crippen MR) is 72.7 cm³/mol. The average molecular weight is 250 g/mol. The molecule has 0 saturated heterocycles. The van der Waals surface area contributed by atoms with Crippen molar-refractivity contribution in [1.29, 1.82) is 0 Å². The number of nitrogens with one attached hydrogen (secondary N) is 2. The van der Waals surface area contributed by atoms with Crippen molar-refractivity contribution in [2.75, 3.05) is 6.61 Å². The third kappa shape index (κ3) is 5.57. The van der Waals surface area contributed by atoms with Crippen LogP contribution in [0.15, 0.2) is 24.3 Å². The Kier molecular flexibility index (Phi) is 6.05. The number of carbonyl (C=O) groups excluding carboxylic acids is 1. The topological polar surface area (TPSA) is 50.4 Å². The fourth-order valence-electron chi connectivity index (χ4n) is 1.42. The Morgan fingerprint density at radius 1 is 1.28 bits per heavy atom. The number of urea groups is 1. The van der Waals surface area contributed by atoms with Gasteiger partial charge in [-0.15, -0.1) is 0 Å². The Labute approximate surface area is 109 Å². The van der Waals surface area contributed by atoms with Crippen LogP contribution in [0.4, 0.5) is 4.79 Å². The second-order valence-electron chi connectivity index (χ2n) is 4.47. The third-order valence-corrected chi connectivity index (χ3v) is 2.27. The van der Waals surface area contributed by atoms with E-state index in [2.05, 4.69) is 17.6 Å². The van der Waals surface area contributed by atoms with Crippen LogP contribution in [0.25, 0.3) is 0 Å². The molecule has 0 saturated carbocycles. The summed E-state index contributed by atoms with van der Waals surface area (Å²) < 4.78 is 5.49. The lowest BCUT2D eigenvalue weighted by Crippen LogP contribution is -2.38. The van der Waals surface area contributed by atoms with E-state index in [1.165, 1.54) is 0 Å². The quantitative estimate of drug-likeness (QED) is 0.815. The Morgan fingerprint density at radius 3 is 2.50 bits per heavy atom. The maximum Gasteiger partial charge on any atom is 0.315 e. The lowest BCUT2D eigenvalue weighted by molar-refractivity contribution is 0.238. The number of hydrogen-bond donors (Lipinski definition) is 2. The van der Waals surface area contributed by atoms with Gasteiger partial charge in [0.15, 0.2) is 0 Å². The van der Waals surface area contributed by atoms with E-state index in [0.29, 0.717) is 6.54 Å². The second-order valence-corrected chi connectivity index (χ2v) is 4.47. The molecule has 0 unspecified atom stereocenters. The van der Waals surface area contributed by atoms with Crippen LogP contribution >= 0.6 is 0 Å². The lowest BCUT2D eigenvalue weighted by Gasteiger charge is -2.10. The van der Waals surface area contributed by atoms with Gasteiger partial charge in [-0.2, -0.15) is 0 Å². The summed E-state index contributed by atoms with van der Waals surface area (Å²) >= 11 is 0. The fraction of sp³-hybridized carbons (Fsp3) is 0.500. The van der Waals surface area contributed by atoms with E-state index in [1.54, 1.807) is 0 Å². The molecule has 0 heterocycles. The smallest absolute Gasteiger partial charge is 0.315 e. The lowest BCUT2D eigenvalue weighted by atomic mass is 10.2. The molecule has 1 rings (SSSR count). The van der Waals surface area contributed by atoms with Gasteiger partial charge in [0.2, 0.25) is 0 Å². The van der Waals surface area contributed by atoms with E-state index in [9.17, 15) is 4.79 Å². The molecular formula is C14H22N2O2. The highest BCUT2D eigenvalue weighted by molar-refractivity contribution is 5.74. The molecule has 0 radical (unpaired) electrons. The van der Waals surface area contributed by atoms with Crippen molar-refractivity contribution in [1.82, 2.24) is 10.6 Å². The van der Waals surface area contributed by atoms with Crippen molar-refractivity contribution in [3.05, 3.63) is 29.8 Å². The first-order valence-electron chi connectivity index (χ1n) is 6.38. The minimum atomic E-state index is -0.142. The maximum atomic E-state index is 11.4. The minimum Gasteiger partial charge on any atom is -0.494 e. The zero-order chi connectivity index (χ0) is 13.4. The molecule has 1 aromatic rings. The van der Waals surface area contributed by atoms with Gasteiger partial charge in [-0.1, -0.05) is 19.1 Å². The van der Waals surface area contributed by atoms with Gasteiger partial charge in [-0.05, 0) is 38.0 Å². The molecule has 0 aliphatic heterocycles. The van der Waals surface area contributed by atoms with Gasteiger partial charge in [0.1, 0.15) is 5.75 Å². The van der Waals surface area contributed by atoms with Gasteiger partial charge in [-0.25, -0.2) is 4.79 Å². The number of carbonyl (C=O) groups is 1. The van der Waals surface area contributed by atoms with Crippen molar-refractivity contribution in [3.8, 4) is 5.75 Å². The summed E-state index contributed by atoms with van der Waals surface area (Å²) in [5.74, 6) is 0.868. The van der Waals surface area contributed by atoms with Crippen LogP contribution in [0.2, 0.25) is 0 Å². The monoisotopic (exact) mass is 250 g/mol. The molecule has 0 bridgehead atoms. The zero-order valence-corrected chi connectivity index (χ0v) is 11.3. The summed E-state index contributed by atoms with van der Waals surface area (Å²) in [6, 6.07) is 7.77. The van der Waals surface area contributed by atoms with Crippen molar-refractivity contribution >= 4 is 6.03 Å². The fourth-order valence-corrected chi connectivity index (χ4v) is 1.42. The summed E-state index contributed by atoms with van der Waals surface area (Å²) in [6.07, 6.45) is 0.999. The average Bonchev–Trinajstić information content (AvgIpc) is 2.34.